The van der Waals surface area contributed by atoms with E-state index in [9.17, 15) is 15.0 Å². The molecule has 5 N–H and O–H groups in total. The second kappa shape index (κ2) is 7.39. The number of hydrogen-bond acceptors (Lipinski definition) is 5. The average molecular weight is 344 g/mol. The molecule has 0 unspecified atom stereocenters. The summed E-state index contributed by atoms with van der Waals surface area (Å²) in [4.78, 5) is 13.5. The lowest BCUT2D eigenvalue weighted by Gasteiger charge is -2.35. The van der Waals surface area contributed by atoms with Gasteiger partial charge in [0.1, 0.15) is 5.75 Å². The van der Waals surface area contributed by atoms with Crippen molar-refractivity contribution >= 4 is 16.7 Å². The summed E-state index contributed by atoms with van der Waals surface area (Å²) in [6.45, 7) is 0.411. The molecule has 1 heterocycles. The molecule has 1 amide bonds. The van der Waals surface area contributed by atoms with Gasteiger partial charge in [-0.1, -0.05) is 24.3 Å². The number of piperidine rings is 1. The molecule has 0 aliphatic carbocycles. The quantitative estimate of drug-likeness (QED) is 0.665. The van der Waals surface area contributed by atoms with Crippen LogP contribution in [-0.4, -0.2) is 51.9 Å². The number of aliphatic hydroxyl groups is 2. The summed E-state index contributed by atoms with van der Waals surface area (Å²) in [5.41, 5.74) is 7.14. The molecule has 134 valence electrons. The van der Waals surface area contributed by atoms with Crippen LogP contribution in [0.2, 0.25) is 0 Å². The first kappa shape index (κ1) is 17.7. The molecule has 6 heteroatoms. The van der Waals surface area contributed by atoms with Crippen LogP contribution in [-0.2, 0) is 4.79 Å². The van der Waals surface area contributed by atoms with E-state index in [1.807, 2.05) is 30.3 Å². The minimum Gasteiger partial charge on any atom is -0.508 e. The van der Waals surface area contributed by atoms with Crippen LogP contribution in [0.1, 0.15) is 24.4 Å². The first-order chi connectivity index (χ1) is 12.0. The number of phenols is 1. The van der Waals surface area contributed by atoms with Crippen LogP contribution in [0.15, 0.2) is 36.4 Å². The first-order valence-electron chi connectivity index (χ1n) is 8.56. The monoisotopic (exact) mass is 344 g/mol. The van der Waals surface area contributed by atoms with Crippen molar-refractivity contribution in [3.05, 3.63) is 42.0 Å². The lowest BCUT2D eigenvalue weighted by molar-refractivity contribution is -0.143. The fourth-order valence-corrected chi connectivity index (χ4v) is 3.53. The van der Waals surface area contributed by atoms with Crippen LogP contribution in [0.5, 0.6) is 5.75 Å². The number of hydrogen-bond donors (Lipinski definition) is 4. The fraction of sp³-hybridized carbons (Fsp3) is 0.421. The Morgan fingerprint density at radius 1 is 1.20 bits per heavy atom. The number of rotatable bonds is 4. The highest BCUT2D eigenvalue weighted by Gasteiger charge is 2.30. The number of fused-ring (bicyclic) bond motifs is 1. The van der Waals surface area contributed by atoms with Crippen molar-refractivity contribution < 1.29 is 20.1 Å². The van der Waals surface area contributed by atoms with Crippen LogP contribution in [0.3, 0.4) is 0 Å². The third-order valence-electron chi connectivity index (χ3n) is 5.07. The summed E-state index contributed by atoms with van der Waals surface area (Å²) in [5, 5.41) is 30.7. The number of nitrogens with two attached hydrogens (primary N) is 1. The molecule has 2 aromatic rings. The molecule has 0 radical (unpaired) electrons. The highest BCUT2D eigenvalue weighted by molar-refractivity contribution is 5.85. The molecule has 0 bridgehead atoms. The molecule has 3 rings (SSSR count). The lowest BCUT2D eigenvalue weighted by Crippen LogP contribution is -2.46. The third kappa shape index (κ3) is 3.61. The Morgan fingerprint density at radius 2 is 1.80 bits per heavy atom. The summed E-state index contributed by atoms with van der Waals surface area (Å²) in [7, 11) is 0. The van der Waals surface area contributed by atoms with Gasteiger partial charge in [-0.2, -0.15) is 0 Å². The molecule has 1 fully saturated rings. The minimum absolute atomic E-state index is 0.141. The van der Waals surface area contributed by atoms with Crippen LogP contribution < -0.4 is 5.73 Å². The van der Waals surface area contributed by atoms with Gasteiger partial charge >= 0.3 is 0 Å². The normalized spacial score (nSPS) is 18.3. The number of nitrogens with zero attached hydrogens (tertiary/aromatic N) is 1. The molecule has 6 nitrogen and oxygen atoms in total. The second-order valence-corrected chi connectivity index (χ2v) is 6.65. The van der Waals surface area contributed by atoms with Crippen molar-refractivity contribution in [3.8, 4) is 5.75 Å². The SMILES string of the molecule is N[C@@H](c1cc2ccccc2cc1O)C1CCN(C(=O)[C@H](O)CO)CC1. The zero-order chi connectivity index (χ0) is 18.0. The van der Waals surface area contributed by atoms with E-state index in [2.05, 4.69) is 0 Å². The van der Waals surface area contributed by atoms with E-state index >= 15 is 0 Å². The van der Waals surface area contributed by atoms with Gasteiger partial charge in [-0.3, -0.25) is 4.79 Å². The number of phenolic OH excluding ortho intramolecular Hbond substituents is 1. The standard InChI is InChI=1S/C19H24N2O4/c20-18(12-5-7-21(8-6-12)19(25)17(24)11-22)15-9-13-3-1-2-4-14(13)10-16(15)23/h1-4,9-10,12,17-18,22-24H,5-8,11,20H2/t17-,18-/m1/s1. The van der Waals surface area contributed by atoms with Crippen LogP contribution in [0.4, 0.5) is 0 Å². The minimum atomic E-state index is -1.35. The Labute approximate surface area is 146 Å². The Kier molecular flexibility index (Phi) is 5.22. The van der Waals surface area contributed by atoms with E-state index < -0.39 is 18.6 Å². The summed E-state index contributed by atoms with van der Waals surface area (Å²) >= 11 is 0. The fourth-order valence-electron chi connectivity index (χ4n) is 3.53. The molecule has 0 spiro atoms. The van der Waals surface area contributed by atoms with Gasteiger partial charge in [-0.25, -0.2) is 0 Å². The number of carbonyl (C=O) groups is 1. The zero-order valence-electron chi connectivity index (χ0n) is 14.0. The van der Waals surface area contributed by atoms with Crippen molar-refractivity contribution in [2.24, 2.45) is 11.7 Å². The van der Waals surface area contributed by atoms with Crippen molar-refractivity contribution in [1.29, 1.82) is 0 Å². The number of amides is 1. The Hall–Kier alpha value is -2.15. The first-order valence-corrected chi connectivity index (χ1v) is 8.56. The molecule has 1 aliphatic rings. The summed E-state index contributed by atoms with van der Waals surface area (Å²) < 4.78 is 0. The smallest absolute Gasteiger partial charge is 0.253 e. The van der Waals surface area contributed by atoms with E-state index in [4.69, 9.17) is 10.8 Å². The Morgan fingerprint density at radius 3 is 2.40 bits per heavy atom. The van der Waals surface area contributed by atoms with Gasteiger partial charge in [0.25, 0.3) is 5.91 Å². The Balaban J connectivity index is 1.71. The van der Waals surface area contributed by atoms with E-state index in [0.717, 1.165) is 16.3 Å². The van der Waals surface area contributed by atoms with Crippen molar-refractivity contribution in [2.45, 2.75) is 25.0 Å². The van der Waals surface area contributed by atoms with Gasteiger partial charge in [-0.15, -0.1) is 0 Å². The van der Waals surface area contributed by atoms with Crippen molar-refractivity contribution in [1.82, 2.24) is 4.90 Å². The highest BCUT2D eigenvalue weighted by Crippen LogP contribution is 2.35. The van der Waals surface area contributed by atoms with E-state index in [1.54, 1.807) is 11.0 Å². The van der Waals surface area contributed by atoms with Gasteiger partial charge in [0.05, 0.1) is 6.61 Å². The molecule has 2 aromatic carbocycles. The van der Waals surface area contributed by atoms with Gasteiger partial charge < -0.3 is 26.0 Å². The predicted octanol–water partition coefficient (Wildman–Crippen LogP) is 1.14. The van der Waals surface area contributed by atoms with Crippen LogP contribution in [0.25, 0.3) is 10.8 Å². The molecule has 25 heavy (non-hydrogen) atoms. The van der Waals surface area contributed by atoms with E-state index in [0.29, 0.717) is 25.9 Å². The van der Waals surface area contributed by atoms with E-state index in [-0.39, 0.29) is 17.7 Å². The lowest BCUT2D eigenvalue weighted by atomic mass is 9.85. The maximum Gasteiger partial charge on any atom is 0.253 e. The molecule has 2 atom stereocenters. The molecular formula is C19H24N2O4. The van der Waals surface area contributed by atoms with Crippen LogP contribution >= 0.6 is 0 Å². The summed E-state index contributed by atoms with van der Waals surface area (Å²) in [6.07, 6.45) is 0.0315. The number of carbonyl (C=O) groups excluding carboxylic acids is 1. The van der Waals surface area contributed by atoms with Crippen LogP contribution in [0, 0.1) is 5.92 Å². The summed E-state index contributed by atoms with van der Waals surface area (Å²) in [6, 6.07) is 11.2. The number of benzene rings is 2. The number of likely N-dealkylation sites (tertiary alicyclic amines) is 1. The van der Waals surface area contributed by atoms with Gasteiger partial charge in [0.15, 0.2) is 6.10 Å². The topological polar surface area (TPSA) is 107 Å². The maximum absolute atomic E-state index is 11.9. The third-order valence-corrected chi connectivity index (χ3v) is 5.07. The maximum atomic E-state index is 11.9. The van der Waals surface area contributed by atoms with Gasteiger partial charge in [-0.05, 0) is 41.7 Å². The van der Waals surface area contributed by atoms with Crippen molar-refractivity contribution in [2.75, 3.05) is 19.7 Å². The van der Waals surface area contributed by atoms with E-state index in [1.165, 1.54) is 0 Å². The molecule has 0 saturated carbocycles. The molecule has 1 saturated heterocycles. The number of aliphatic hydroxyl groups excluding tert-OH is 2. The molecular weight excluding hydrogens is 320 g/mol. The van der Waals surface area contributed by atoms with Gasteiger partial charge in [0.2, 0.25) is 0 Å². The highest BCUT2D eigenvalue weighted by atomic mass is 16.3. The zero-order valence-corrected chi connectivity index (χ0v) is 14.0. The summed E-state index contributed by atoms with van der Waals surface area (Å²) in [5.74, 6) is -0.106. The largest absolute Gasteiger partial charge is 0.508 e. The van der Waals surface area contributed by atoms with Crippen molar-refractivity contribution in [3.63, 3.8) is 0 Å². The Bertz CT molecular complexity index is 756. The van der Waals surface area contributed by atoms with Gasteiger partial charge in [0, 0.05) is 24.7 Å². The molecule has 0 aromatic heterocycles. The average Bonchev–Trinajstić information content (AvgIpc) is 2.65. The predicted molar refractivity (Wildman–Crippen MR) is 94.9 cm³/mol. The second-order valence-electron chi connectivity index (χ2n) is 6.65. The molecule has 1 aliphatic heterocycles. The number of aromatic hydroxyl groups is 1.